The molecule has 1 unspecified atom stereocenters. The summed E-state index contributed by atoms with van der Waals surface area (Å²) in [4.78, 5) is 12.3. The van der Waals surface area contributed by atoms with Gasteiger partial charge in [-0.25, -0.2) is 8.42 Å². The predicted molar refractivity (Wildman–Crippen MR) is 81.9 cm³/mol. The molecule has 0 aromatic heterocycles. The lowest BCUT2D eigenvalue weighted by atomic mass is 9.96. The zero-order chi connectivity index (χ0) is 16.1. The Kier molecular flexibility index (Phi) is 3.57. The van der Waals surface area contributed by atoms with Crippen molar-refractivity contribution in [3.8, 4) is 0 Å². The summed E-state index contributed by atoms with van der Waals surface area (Å²) < 4.78 is 32.2. The fourth-order valence-corrected chi connectivity index (χ4v) is 5.08. The van der Waals surface area contributed by atoms with Gasteiger partial charge in [0.05, 0.1) is 16.4 Å². The Morgan fingerprint density at radius 1 is 1.32 bits per heavy atom. The number of nitrogens with zero attached hydrogens (tertiary/aromatic N) is 1. The number of carbonyl (C=O) groups excluding carboxylic acids is 1. The van der Waals surface area contributed by atoms with E-state index < -0.39 is 15.4 Å². The van der Waals surface area contributed by atoms with Crippen molar-refractivity contribution in [1.29, 1.82) is 0 Å². The van der Waals surface area contributed by atoms with Gasteiger partial charge in [0.1, 0.15) is 6.61 Å². The van der Waals surface area contributed by atoms with Gasteiger partial charge in [-0.15, -0.1) is 0 Å². The number of fused-ring (bicyclic) bond motifs is 4. The molecule has 3 atom stereocenters. The fourth-order valence-electron chi connectivity index (χ4n) is 3.13. The number of hydrogen-bond donors (Lipinski definition) is 0. The second-order valence-electron chi connectivity index (χ2n) is 7.05. The normalized spacial score (nSPS) is 29.0. The Balaban J connectivity index is 1.82. The van der Waals surface area contributed by atoms with Crippen LogP contribution < -0.4 is 0 Å². The molecule has 2 aliphatic heterocycles. The molecule has 2 bridgehead atoms. The predicted octanol–water partition coefficient (Wildman–Crippen LogP) is 2.14. The standard InChI is InChI=1S/C16H21NO4S/c1-16(2,3)15(18)21-10-12-8-11-9-17(12)22(19,20)14-7-5-4-6-13(11)14/h4-7,11-12H,8-10H2,1-3H3/t11-,12-/m1/s1. The summed E-state index contributed by atoms with van der Waals surface area (Å²) in [5.74, 6) is -0.108. The molecule has 1 fully saturated rings. The summed E-state index contributed by atoms with van der Waals surface area (Å²) in [7, 11) is -3.48. The molecule has 120 valence electrons. The maximum atomic E-state index is 12.7. The van der Waals surface area contributed by atoms with E-state index in [9.17, 15) is 13.2 Å². The van der Waals surface area contributed by atoms with E-state index in [1.807, 2.05) is 12.1 Å². The summed E-state index contributed by atoms with van der Waals surface area (Å²) in [5, 5.41) is 0. The average Bonchev–Trinajstić information content (AvgIpc) is 2.84. The van der Waals surface area contributed by atoms with Crippen LogP contribution in [-0.2, 0) is 19.6 Å². The van der Waals surface area contributed by atoms with Gasteiger partial charge in [0, 0.05) is 12.5 Å². The van der Waals surface area contributed by atoms with Gasteiger partial charge in [0.15, 0.2) is 0 Å². The SMILES string of the molecule is CC(C)(C)C(=O)OC[C@H]1C[C@@H]2CN1S(=O)(=O)c1ccccc12. The van der Waals surface area contributed by atoms with Gasteiger partial charge < -0.3 is 4.74 Å². The molecule has 22 heavy (non-hydrogen) atoms. The second kappa shape index (κ2) is 5.06. The van der Waals surface area contributed by atoms with Crippen molar-refractivity contribution in [2.24, 2.45) is 5.41 Å². The highest BCUT2D eigenvalue weighted by molar-refractivity contribution is 7.89. The largest absolute Gasteiger partial charge is 0.464 e. The molecule has 6 heteroatoms. The van der Waals surface area contributed by atoms with Gasteiger partial charge in [0.25, 0.3) is 0 Å². The zero-order valence-corrected chi connectivity index (χ0v) is 13.9. The summed E-state index contributed by atoms with van der Waals surface area (Å²) >= 11 is 0. The van der Waals surface area contributed by atoms with Crippen LogP contribution >= 0.6 is 0 Å². The Hall–Kier alpha value is -1.40. The van der Waals surface area contributed by atoms with Crippen LogP contribution in [0.5, 0.6) is 0 Å². The van der Waals surface area contributed by atoms with Crippen molar-refractivity contribution in [2.75, 3.05) is 13.2 Å². The molecular weight excluding hydrogens is 302 g/mol. The molecule has 1 aromatic carbocycles. The Bertz CT molecular complexity index is 705. The highest BCUT2D eigenvalue weighted by Crippen LogP contribution is 2.43. The highest BCUT2D eigenvalue weighted by atomic mass is 32.2. The van der Waals surface area contributed by atoms with Crippen molar-refractivity contribution >= 4 is 16.0 Å². The zero-order valence-electron chi connectivity index (χ0n) is 13.1. The van der Waals surface area contributed by atoms with Crippen LogP contribution in [0.3, 0.4) is 0 Å². The summed E-state index contributed by atoms with van der Waals surface area (Å²) in [6.07, 6.45) is 0.702. The van der Waals surface area contributed by atoms with E-state index in [1.165, 1.54) is 4.31 Å². The van der Waals surface area contributed by atoms with E-state index in [1.54, 1.807) is 32.9 Å². The van der Waals surface area contributed by atoms with Crippen LogP contribution in [0.4, 0.5) is 0 Å². The smallest absolute Gasteiger partial charge is 0.311 e. The van der Waals surface area contributed by atoms with Crippen LogP contribution in [0.2, 0.25) is 0 Å². The molecule has 0 N–H and O–H groups in total. The Morgan fingerprint density at radius 3 is 2.68 bits per heavy atom. The van der Waals surface area contributed by atoms with Crippen LogP contribution in [0.15, 0.2) is 29.2 Å². The van der Waals surface area contributed by atoms with Crippen molar-refractivity contribution in [3.63, 3.8) is 0 Å². The number of sulfonamides is 1. The molecule has 0 aliphatic carbocycles. The van der Waals surface area contributed by atoms with Crippen molar-refractivity contribution in [3.05, 3.63) is 29.8 Å². The number of hydrogen-bond acceptors (Lipinski definition) is 4. The molecule has 1 aromatic rings. The fraction of sp³-hybridized carbons (Fsp3) is 0.562. The molecule has 2 heterocycles. The first kappa shape index (κ1) is 15.5. The van der Waals surface area contributed by atoms with E-state index in [0.29, 0.717) is 17.9 Å². The van der Waals surface area contributed by atoms with Gasteiger partial charge in [-0.05, 0) is 38.8 Å². The Labute approximate surface area is 131 Å². The van der Waals surface area contributed by atoms with E-state index in [2.05, 4.69) is 0 Å². The minimum Gasteiger partial charge on any atom is -0.464 e. The van der Waals surface area contributed by atoms with E-state index in [-0.39, 0.29) is 24.5 Å². The molecule has 0 amide bonds. The van der Waals surface area contributed by atoms with E-state index in [4.69, 9.17) is 4.74 Å². The maximum absolute atomic E-state index is 12.7. The molecule has 0 spiro atoms. The van der Waals surface area contributed by atoms with E-state index in [0.717, 1.165) is 5.56 Å². The van der Waals surface area contributed by atoms with E-state index >= 15 is 0 Å². The van der Waals surface area contributed by atoms with Gasteiger partial charge in [-0.1, -0.05) is 18.2 Å². The first-order chi connectivity index (χ1) is 10.2. The highest BCUT2D eigenvalue weighted by Gasteiger charge is 2.47. The third kappa shape index (κ3) is 2.44. The molecule has 1 saturated heterocycles. The average molecular weight is 323 g/mol. The number of benzene rings is 1. The molecule has 5 nitrogen and oxygen atoms in total. The van der Waals surface area contributed by atoms with Crippen molar-refractivity contribution < 1.29 is 17.9 Å². The number of carbonyl (C=O) groups is 1. The summed E-state index contributed by atoms with van der Waals surface area (Å²) in [5.41, 5.74) is 0.314. The summed E-state index contributed by atoms with van der Waals surface area (Å²) in [6.45, 7) is 5.97. The van der Waals surface area contributed by atoms with Crippen LogP contribution in [0.1, 0.15) is 38.7 Å². The van der Waals surface area contributed by atoms with Crippen molar-refractivity contribution in [2.45, 2.75) is 44.0 Å². The summed E-state index contributed by atoms with van der Waals surface area (Å²) in [6, 6.07) is 6.90. The molecular formula is C16H21NO4S. The first-order valence-electron chi connectivity index (χ1n) is 7.49. The van der Waals surface area contributed by atoms with Crippen molar-refractivity contribution in [1.82, 2.24) is 4.31 Å². The van der Waals surface area contributed by atoms with Gasteiger partial charge in [0.2, 0.25) is 10.0 Å². The van der Waals surface area contributed by atoms with Gasteiger partial charge >= 0.3 is 5.97 Å². The Morgan fingerprint density at radius 2 is 2.00 bits per heavy atom. The molecule has 2 aliphatic rings. The quantitative estimate of drug-likeness (QED) is 0.782. The third-order valence-electron chi connectivity index (χ3n) is 4.33. The molecule has 0 saturated carbocycles. The number of rotatable bonds is 2. The second-order valence-corrected chi connectivity index (χ2v) is 8.91. The number of ether oxygens (including phenoxy) is 1. The van der Waals surface area contributed by atoms with Crippen LogP contribution in [0.25, 0.3) is 0 Å². The third-order valence-corrected chi connectivity index (χ3v) is 6.32. The molecule has 0 radical (unpaired) electrons. The topological polar surface area (TPSA) is 63.7 Å². The maximum Gasteiger partial charge on any atom is 0.311 e. The number of esters is 1. The van der Waals surface area contributed by atoms with Gasteiger partial charge in [-0.3, -0.25) is 4.79 Å². The van der Waals surface area contributed by atoms with Crippen LogP contribution in [-0.4, -0.2) is 37.9 Å². The monoisotopic (exact) mass is 323 g/mol. The van der Waals surface area contributed by atoms with Gasteiger partial charge in [-0.2, -0.15) is 4.31 Å². The minimum atomic E-state index is -3.48. The lowest BCUT2D eigenvalue weighted by Gasteiger charge is -2.28. The lowest BCUT2D eigenvalue weighted by molar-refractivity contribution is -0.154. The minimum absolute atomic E-state index is 0.125. The van der Waals surface area contributed by atoms with Crippen LogP contribution in [0, 0.1) is 5.41 Å². The lowest BCUT2D eigenvalue weighted by Crippen LogP contribution is -2.41. The molecule has 3 rings (SSSR count). The first-order valence-corrected chi connectivity index (χ1v) is 8.93.